The van der Waals surface area contributed by atoms with Gasteiger partial charge in [-0.25, -0.2) is 4.98 Å². The van der Waals surface area contributed by atoms with E-state index in [9.17, 15) is 4.79 Å². The van der Waals surface area contributed by atoms with Crippen molar-refractivity contribution in [1.82, 2.24) is 14.9 Å². The maximum Gasteiger partial charge on any atom is 0.275 e. The zero-order chi connectivity index (χ0) is 12.3. The molecule has 0 N–H and O–H groups in total. The van der Waals surface area contributed by atoms with Crippen LogP contribution < -0.4 is 0 Å². The van der Waals surface area contributed by atoms with Crippen molar-refractivity contribution in [3.05, 3.63) is 23.2 Å². The Kier molecular flexibility index (Phi) is 3.55. The van der Waals surface area contributed by atoms with Crippen LogP contribution in [0.3, 0.4) is 0 Å². The first-order valence-corrected chi connectivity index (χ1v) is 5.78. The highest BCUT2D eigenvalue weighted by atomic mass is 35.5. The number of nitrogens with zero attached hydrogens (tertiary/aromatic N) is 4. The fraction of sp³-hybridized carbons (Fsp3) is 0.455. The predicted octanol–water partition coefficient (Wildman–Crippen LogP) is 1.65. The predicted molar refractivity (Wildman–Crippen MR) is 61.3 cm³/mol. The summed E-state index contributed by atoms with van der Waals surface area (Å²) in [6, 6.07) is 1.78. The lowest BCUT2D eigenvalue weighted by Crippen LogP contribution is -2.43. The first-order valence-electron chi connectivity index (χ1n) is 5.40. The second-order valence-corrected chi connectivity index (χ2v) is 4.25. The van der Waals surface area contributed by atoms with Crippen molar-refractivity contribution in [2.24, 2.45) is 0 Å². The Morgan fingerprint density at radius 3 is 3.06 bits per heavy atom. The second-order valence-electron chi connectivity index (χ2n) is 3.87. The van der Waals surface area contributed by atoms with Gasteiger partial charge in [0.25, 0.3) is 5.91 Å². The molecule has 2 heterocycles. The van der Waals surface area contributed by atoms with Crippen LogP contribution in [-0.4, -0.2) is 33.4 Å². The summed E-state index contributed by atoms with van der Waals surface area (Å²) in [5, 5.41) is 9.19. The van der Waals surface area contributed by atoms with E-state index in [1.165, 1.54) is 12.4 Å². The zero-order valence-corrected chi connectivity index (χ0v) is 9.89. The Balaban J connectivity index is 2.22. The van der Waals surface area contributed by atoms with Crippen molar-refractivity contribution in [3.63, 3.8) is 0 Å². The Morgan fingerprint density at radius 1 is 1.53 bits per heavy atom. The molecule has 0 spiro atoms. The van der Waals surface area contributed by atoms with Crippen molar-refractivity contribution >= 4 is 17.5 Å². The molecule has 1 aromatic heterocycles. The quantitative estimate of drug-likeness (QED) is 0.760. The fourth-order valence-corrected chi connectivity index (χ4v) is 2.05. The van der Waals surface area contributed by atoms with Crippen LogP contribution in [0.25, 0.3) is 0 Å². The van der Waals surface area contributed by atoms with Crippen LogP contribution >= 0.6 is 11.6 Å². The summed E-state index contributed by atoms with van der Waals surface area (Å²) in [4.78, 5) is 21.4. The molecule has 1 aliphatic rings. The number of nitriles is 1. The lowest BCUT2D eigenvalue weighted by Gasteiger charge is -2.30. The van der Waals surface area contributed by atoms with Gasteiger partial charge in [0, 0.05) is 6.54 Å². The standard InChI is InChI=1S/C11H11ClN4O/c12-10-7-14-6-9(15-10)11(17)16-4-2-1-3-8(16)5-13/h6-8H,1-4H2. The number of carbonyl (C=O) groups is 1. The first-order chi connectivity index (χ1) is 8.22. The molecule has 0 aliphatic carbocycles. The van der Waals surface area contributed by atoms with E-state index in [1.807, 2.05) is 0 Å². The number of carbonyl (C=O) groups excluding carboxylic acids is 1. The van der Waals surface area contributed by atoms with Gasteiger partial charge in [-0.15, -0.1) is 0 Å². The topological polar surface area (TPSA) is 69.9 Å². The van der Waals surface area contributed by atoms with Crippen molar-refractivity contribution in [2.75, 3.05) is 6.54 Å². The molecule has 1 fully saturated rings. The van der Waals surface area contributed by atoms with Gasteiger partial charge in [0.2, 0.25) is 0 Å². The number of rotatable bonds is 1. The van der Waals surface area contributed by atoms with Crippen LogP contribution in [0, 0.1) is 11.3 Å². The maximum atomic E-state index is 12.1. The number of hydrogen-bond acceptors (Lipinski definition) is 4. The lowest BCUT2D eigenvalue weighted by molar-refractivity contribution is 0.0664. The van der Waals surface area contributed by atoms with E-state index in [2.05, 4.69) is 16.0 Å². The van der Waals surface area contributed by atoms with Crippen LogP contribution in [0.5, 0.6) is 0 Å². The minimum absolute atomic E-state index is 0.182. The third-order valence-corrected chi connectivity index (χ3v) is 2.92. The van der Waals surface area contributed by atoms with Gasteiger partial charge in [-0.3, -0.25) is 9.78 Å². The Morgan fingerprint density at radius 2 is 2.35 bits per heavy atom. The Hall–Kier alpha value is -1.67. The molecular weight excluding hydrogens is 240 g/mol. The van der Waals surface area contributed by atoms with Crippen LogP contribution in [0.2, 0.25) is 5.15 Å². The molecular formula is C11H11ClN4O. The van der Waals surface area contributed by atoms with E-state index in [4.69, 9.17) is 16.9 Å². The van der Waals surface area contributed by atoms with Gasteiger partial charge in [-0.2, -0.15) is 5.26 Å². The van der Waals surface area contributed by atoms with Gasteiger partial charge in [0.15, 0.2) is 0 Å². The SMILES string of the molecule is N#CC1CCCCN1C(=O)c1cncc(Cl)n1. The molecule has 0 bridgehead atoms. The Labute approximate surface area is 104 Å². The molecule has 17 heavy (non-hydrogen) atoms. The summed E-state index contributed by atoms with van der Waals surface area (Å²) in [5.74, 6) is -0.272. The van der Waals surface area contributed by atoms with Crippen molar-refractivity contribution < 1.29 is 4.79 Å². The van der Waals surface area contributed by atoms with E-state index in [1.54, 1.807) is 4.90 Å². The average molecular weight is 251 g/mol. The van der Waals surface area contributed by atoms with Gasteiger partial charge < -0.3 is 4.90 Å². The summed E-state index contributed by atoms with van der Waals surface area (Å²) in [5.41, 5.74) is 0.194. The molecule has 6 heteroatoms. The van der Waals surface area contributed by atoms with Crippen LogP contribution in [0.15, 0.2) is 12.4 Å². The molecule has 1 aliphatic heterocycles. The van der Waals surface area contributed by atoms with E-state index < -0.39 is 0 Å². The number of likely N-dealkylation sites (tertiary alicyclic amines) is 1. The van der Waals surface area contributed by atoms with Crippen LogP contribution in [0.4, 0.5) is 0 Å². The maximum absolute atomic E-state index is 12.1. The van der Waals surface area contributed by atoms with Crippen molar-refractivity contribution in [2.45, 2.75) is 25.3 Å². The van der Waals surface area contributed by atoms with Crippen LogP contribution in [0.1, 0.15) is 29.8 Å². The molecule has 1 unspecified atom stereocenters. The van der Waals surface area contributed by atoms with Gasteiger partial charge in [0.1, 0.15) is 16.9 Å². The second kappa shape index (κ2) is 5.11. The highest BCUT2D eigenvalue weighted by molar-refractivity contribution is 6.29. The smallest absolute Gasteiger partial charge is 0.275 e. The van der Waals surface area contributed by atoms with Gasteiger partial charge in [-0.05, 0) is 19.3 Å². The summed E-state index contributed by atoms with van der Waals surface area (Å²) in [7, 11) is 0. The third kappa shape index (κ3) is 2.53. The summed E-state index contributed by atoms with van der Waals surface area (Å²) in [6.07, 6.45) is 5.35. The molecule has 0 radical (unpaired) electrons. The summed E-state index contributed by atoms with van der Waals surface area (Å²) in [6.45, 7) is 0.589. The van der Waals surface area contributed by atoms with E-state index in [0.29, 0.717) is 6.54 Å². The molecule has 1 atom stereocenters. The minimum Gasteiger partial charge on any atom is -0.321 e. The molecule has 1 saturated heterocycles. The number of aromatic nitrogens is 2. The number of halogens is 1. The average Bonchev–Trinajstić information content (AvgIpc) is 2.38. The number of amides is 1. The molecule has 0 saturated carbocycles. The van der Waals surface area contributed by atoms with Gasteiger partial charge in [-0.1, -0.05) is 11.6 Å². The van der Waals surface area contributed by atoms with Crippen molar-refractivity contribution in [1.29, 1.82) is 5.26 Å². The fourth-order valence-electron chi connectivity index (χ4n) is 1.90. The first kappa shape index (κ1) is 11.8. The molecule has 88 valence electrons. The largest absolute Gasteiger partial charge is 0.321 e. The molecule has 1 aromatic rings. The monoisotopic (exact) mass is 250 g/mol. The van der Waals surface area contributed by atoms with Gasteiger partial charge >= 0.3 is 0 Å². The molecule has 5 nitrogen and oxygen atoms in total. The summed E-state index contributed by atoms with van der Waals surface area (Å²) >= 11 is 5.69. The normalized spacial score (nSPS) is 19.8. The van der Waals surface area contributed by atoms with E-state index >= 15 is 0 Å². The Bertz CT molecular complexity index is 471. The molecule has 2 rings (SSSR count). The highest BCUT2D eigenvalue weighted by Crippen LogP contribution is 2.18. The number of piperidine rings is 1. The minimum atomic E-state index is -0.364. The zero-order valence-electron chi connectivity index (χ0n) is 9.14. The van der Waals surface area contributed by atoms with E-state index in [0.717, 1.165) is 19.3 Å². The summed E-state index contributed by atoms with van der Waals surface area (Å²) < 4.78 is 0. The lowest BCUT2D eigenvalue weighted by atomic mass is 10.0. The third-order valence-electron chi connectivity index (χ3n) is 2.74. The molecule has 0 aromatic carbocycles. The van der Waals surface area contributed by atoms with Crippen molar-refractivity contribution in [3.8, 4) is 6.07 Å². The van der Waals surface area contributed by atoms with Gasteiger partial charge in [0.05, 0.1) is 18.5 Å². The van der Waals surface area contributed by atoms with E-state index in [-0.39, 0.29) is 22.8 Å². The number of hydrogen-bond donors (Lipinski definition) is 0. The highest BCUT2D eigenvalue weighted by Gasteiger charge is 2.28. The molecule has 1 amide bonds. The van der Waals surface area contributed by atoms with Crippen LogP contribution in [-0.2, 0) is 0 Å².